The number of nitrogens with zero attached hydrogens (tertiary/aromatic N) is 6. The van der Waals surface area contributed by atoms with E-state index in [4.69, 9.17) is 4.74 Å². The van der Waals surface area contributed by atoms with Crippen LogP contribution in [0.1, 0.15) is 24.8 Å². The summed E-state index contributed by atoms with van der Waals surface area (Å²) in [5.74, 6) is 0.314. The smallest absolute Gasteiger partial charge is 0.265 e. The molecular weight excluding hydrogens is 530 g/mol. The number of rotatable bonds is 9. The maximum absolute atomic E-state index is 13.2. The number of carbonyl (C=O) groups excluding carboxylic acids is 1. The van der Waals surface area contributed by atoms with Gasteiger partial charge in [-0.3, -0.25) is 19.2 Å². The van der Waals surface area contributed by atoms with E-state index < -0.39 is 15.4 Å². The van der Waals surface area contributed by atoms with Crippen LogP contribution in [0.5, 0.6) is 5.88 Å². The van der Waals surface area contributed by atoms with Crippen LogP contribution in [-0.4, -0.2) is 73.3 Å². The highest BCUT2D eigenvalue weighted by Crippen LogP contribution is 2.58. The Morgan fingerprint density at radius 3 is 2.58 bits per heavy atom. The fourth-order valence-corrected chi connectivity index (χ4v) is 6.37. The molecule has 2 aliphatic rings. The first kappa shape index (κ1) is 26.2. The summed E-state index contributed by atoms with van der Waals surface area (Å²) in [6.45, 7) is 1.20. The van der Waals surface area contributed by atoms with E-state index >= 15 is 0 Å². The molecular formula is C28H31N7O4S. The van der Waals surface area contributed by atoms with Crippen molar-refractivity contribution < 1.29 is 17.9 Å². The minimum Gasteiger partial charge on any atom is -0.476 e. The van der Waals surface area contributed by atoms with E-state index in [-0.39, 0.29) is 22.4 Å². The average molecular weight is 562 g/mol. The van der Waals surface area contributed by atoms with E-state index in [1.54, 1.807) is 37.5 Å². The van der Waals surface area contributed by atoms with Gasteiger partial charge in [0, 0.05) is 49.5 Å². The topological polar surface area (TPSA) is 123 Å². The lowest BCUT2D eigenvalue weighted by Crippen LogP contribution is -2.28. The van der Waals surface area contributed by atoms with E-state index in [9.17, 15) is 13.2 Å². The lowest BCUT2D eigenvalue weighted by atomic mass is 9.92. The third-order valence-corrected chi connectivity index (χ3v) is 8.88. The quantitative estimate of drug-likeness (QED) is 0.309. The van der Waals surface area contributed by atoms with Gasteiger partial charge in [-0.1, -0.05) is 6.07 Å². The molecule has 12 heteroatoms. The fraction of sp³-hybridized carbons (Fsp3) is 0.357. The molecule has 11 nitrogen and oxygen atoms in total. The number of pyridine rings is 2. The summed E-state index contributed by atoms with van der Waals surface area (Å²) in [6.07, 6.45) is 8.58. The Balaban J connectivity index is 1.40. The number of likely N-dealkylation sites (N-methyl/N-ethyl adjacent to an activating group) is 1. The molecule has 208 valence electrons. The zero-order valence-electron chi connectivity index (χ0n) is 22.9. The standard InChI is InChI=1S/C28H31N7O4S/c1-33(2)10-5-11-39-26-23(32-40(37,38)20-15-31-34(3)17-20)13-19(14-30-26)18-6-7-22-21(12-18)25-24(16-29-22)35(4)27(36)28(25)8-9-28/h6-7,12-17,32H,5,8-11H2,1-4H3. The molecule has 1 aliphatic heterocycles. The van der Waals surface area contributed by atoms with Crippen molar-refractivity contribution >= 4 is 38.2 Å². The highest BCUT2D eigenvalue weighted by atomic mass is 32.2. The maximum Gasteiger partial charge on any atom is 0.265 e. The Kier molecular flexibility index (Phi) is 6.26. The van der Waals surface area contributed by atoms with Crippen molar-refractivity contribution in [2.75, 3.05) is 43.9 Å². The lowest BCUT2D eigenvalue weighted by molar-refractivity contribution is -0.119. The zero-order chi connectivity index (χ0) is 28.2. The number of sulfonamides is 1. The second-order valence-electron chi connectivity index (χ2n) is 10.7. The summed E-state index contributed by atoms with van der Waals surface area (Å²) in [5.41, 5.74) is 3.98. The highest BCUT2D eigenvalue weighted by Gasteiger charge is 2.59. The average Bonchev–Trinajstić information content (AvgIpc) is 3.55. The molecule has 1 aliphatic carbocycles. The number of aryl methyl sites for hydroxylation is 1. The van der Waals surface area contributed by atoms with Gasteiger partial charge in [0.25, 0.3) is 10.0 Å². The van der Waals surface area contributed by atoms with E-state index in [2.05, 4.69) is 19.8 Å². The molecule has 0 atom stereocenters. The van der Waals surface area contributed by atoms with Crippen molar-refractivity contribution in [3.63, 3.8) is 0 Å². The maximum atomic E-state index is 13.2. The number of amides is 1. The predicted molar refractivity (Wildman–Crippen MR) is 152 cm³/mol. The van der Waals surface area contributed by atoms with E-state index in [1.807, 2.05) is 37.2 Å². The van der Waals surface area contributed by atoms with Crippen LogP contribution < -0.4 is 14.4 Å². The van der Waals surface area contributed by atoms with Crippen LogP contribution in [0.3, 0.4) is 0 Å². The molecule has 0 unspecified atom stereocenters. The Labute approximate surface area is 232 Å². The Bertz CT molecular complexity index is 1740. The fourth-order valence-electron chi connectivity index (χ4n) is 5.33. The van der Waals surface area contributed by atoms with Crippen LogP contribution in [0.25, 0.3) is 22.0 Å². The first-order valence-corrected chi connectivity index (χ1v) is 14.6. The van der Waals surface area contributed by atoms with Crippen molar-refractivity contribution in [2.45, 2.75) is 29.6 Å². The largest absolute Gasteiger partial charge is 0.476 e. The van der Waals surface area contributed by atoms with Gasteiger partial charge >= 0.3 is 0 Å². The van der Waals surface area contributed by atoms with E-state index in [0.29, 0.717) is 12.2 Å². The van der Waals surface area contributed by atoms with Gasteiger partial charge < -0.3 is 14.5 Å². The molecule has 1 amide bonds. The molecule has 1 aromatic carbocycles. The number of benzene rings is 1. The predicted octanol–water partition coefficient (Wildman–Crippen LogP) is 3.17. The number of hydrogen-bond donors (Lipinski definition) is 1. The molecule has 4 heterocycles. The molecule has 1 spiro atoms. The van der Waals surface area contributed by atoms with Crippen LogP contribution >= 0.6 is 0 Å². The highest BCUT2D eigenvalue weighted by molar-refractivity contribution is 7.92. The Morgan fingerprint density at radius 1 is 1.07 bits per heavy atom. The minimum atomic E-state index is -3.93. The van der Waals surface area contributed by atoms with Gasteiger partial charge in [-0.2, -0.15) is 5.10 Å². The number of aromatic nitrogens is 4. The summed E-state index contributed by atoms with van der Waals surface area (Å²) in [5, 5.41) is 4.91. The van der Waals surface area contributed by atoms with Crippen LogP contribution in [0, 0.1) is 0 Å². The Hall–Kier alpha value is -4.03. The van der Waals surface area contributed by atoms with Gasteiger partial charge in [0.15, 0.2) is 0 Å². The van der Waals surface area contributed by atoms with Crippen molar-refractivity contribution in [1.29, 1.82) is 0 Å². The first-order valence-electron chi connectivity index (χ1n) is 13.1. The molecule has 0 radical (unpaired) electrons. The third-order valence-electron chi connectivity index (χ3n) is 7.56. The van der Waals surface area contributed by atoms with Gasteiger partial charge in [-0.15, -0.1) is 0 Å². The molecule has 6 rings (SSSR count). The number of carbonyl (C=O) groups is 1. The van der Waals surface area contributed by atoms with Gasteiger partial charge in [0.05, 0.1) is 35.6 Å². The van der Waals surface area contributed by atoms with Gasteiger partial charge in [-0.25, -0.2) is 13.4 Å². The zero-order valence-corrected chi connectivity index (χ0v) is 23.7. The molecule has 1 fully saturated rings. The minimum absolute atomic E-state index is 0.0369. The van der Waals surface area contributed by atoms with Gasteiger partial charge in [0.1, 0.15) is 10.6 Å². The van der Waals surface area contributed by atoms with Crippen molar-refractivity contribution in [2.24, 2.45) is 7.05 Å². The number of nitrogens with one attached hydrogen (secondary N) is 1. The molecule has 1 saturated carbocycles. The number of ether oxygens (including phenoxy) is 1. The van der Waals surface area contributed by atoms with Gasteiger partial charge in [0.2, 0.25) is 11.8 Å². The number of fused-ring (bicyclic) bond motifs is 4. The van der Waals surface area contributed by atoms with Crippen molar-refractivity contribution in [1.82, 2.24) is 24.6 Å². The number of anilines is 2. The summed E-state index contributed by atoms with van der Waals surface area (Å²) < 4.78 is 36.3. The monoisotopic (exact) mass is 561 g/mol. The SMILES string of the molecule is CN(C)CCCOc1ncc(-c2ccc3ncc4c(c3c2)C2(CC2)C(=O)N4C)cc1NS(=O)(=O)c1cnn(C)c1. The molecule has 0 bridgehead atoms. The van der Waals surface area contributed by atoms with E-state index in [0.717, 1.165) is 53.5 Å². The molecule has 40 heavy (non-hydrogen) atoms. The molecule has 3 aromatic heterocycles. The van der Waals surface area contributed by atoms with Crippen molar-refractivity contribution in [3.8, 4) is 17.0 Å². The van der Waals surface area contributed by atoms with Crippen LogP contribution in [-0.2, 0) is 27.3 Å². The van der Waals surface area contributed by atoms with E-state index in [1.165, 1.54) is 17.1 Å². The van der Waals surface area contributed by atoms with Crippen LogP contribution in [0.4, 0.5) is 11.4 Å². The Morgan fingerprint density at radius 2 is 1.88 bits per heavy atom. The van der Waals surface area contributed by atoms with Crippen LogP contribution in [0.2, 0.25) is 0 Å². The number of hydrogen-bond acceptors (Lipinski definition) is 8. The second-order valence-corrected chi connectivity index (χ2v) is 12.4. The first-order chi connectivity index (χ1) is 19.1. The summed E-state index contributed by atoms with van der Waals surface area (Å²) in [6, 6.07) is 7.59. The van der Waals surface area contributed by atoms with Crippen LogP contribution in [0.15, 0.2) is 53.9 Å². The van der Waals surface area contributed by atoms with Gasteiger partial charge in [-0.05, 0) is 57.1 Å². The van der Waals surface area contributed by atoms with Crippen molar-refractivity contribution in [3.05, 3.63) is 54.6 Å². The lowest BCUT2D eigenvalue weighted by Gasteiger charge is -2.15. The molecule has 0 saturated heterocycles. The normalized spacial score (nSPS) is 15.7. The summed E-state index contributed by atoms with van der Waals surface area (Å²) in [7, 11) is 3.48. The summed E-state index contributed by atoms with van der Waals surface area (Å²) >= 11 is 0. The third kappa shape index (κ3) is 4.46. The summed E-state index contributed by atoms with van der Waals surface area (Å²) in [4.78, 5) is 25.9. The molecule has 4 aromatic rings. The second kappa shape index (κ2) is 9.56. The molecule has 1 N–H and O–H groups in total.